The Morgan fingerprint density at radius 3 is 2.21 bits per heavy atom. The zero-order valence-corrected chi connectivity index (χ0v) is 22.6. The highest BCUT2D eigenvalue weighted by Gasteiger charge is 2.38. The molecule has 2 aromatic heterocycles. The summed E-state index contributed by atoms with van der Waals surface area (Å²) < 4.78 is 80.3. The number of ether oxygens (including phenoxy) is 1. The molecule has 3 aromatic rings. The van der Waals surface area contributed by atoms with Crippen LogP contribution in [0.3, 0.4) is 0 Å². The van der Waals surface area contributed by atoms with Gasteiger partial charge in [-0.25, -0.2) is 27.7 Å². The van der Waals surface area contributed by atoms with Crippen molar-refractivity contribution >= 4 is 23.6 Å². The van der Waals surface area contributed by atoms with Crippen molar-refractivity contribution in [2.24, 2.45) is 0 Å². The van der Waals surface area contributed by atoms with E-state index in [0.717, 1.165) is 12.1 Å². The summed E-state index contributed by atoms with van der Waals surface area (Å²) >= 11 is 0. The molecule has 230 valence electrons. The number of nitrogens with zero attached hydrogens (tertiary/aromatic N) is 2. The number of fused-ring (bicyclic) bond motifs is 1. The molecule has 0 aliphatic carbocycles. The lowest BCUT2D eigenvalue weighted by Crippen LogP contribution is -2.53. The molecule has 0 fully saturated rings. The standard InChI is InChI=1S/C24H27F3N4O4.C2HF3O2/c1-4-8-24(3,30-23(33)34)13-28-22(32)20-14(2)29-21-19(9-15(10-25)11-31(20)21)35-12-16-17(26)6-5-7-18(16)27;3-2(4,5)1(6)7/h5-7,9,11,30H,4,8,10,12-13H2,1-3H3,(H,28,32)(H,33,34);(H,6,7). The Labute approximate surface area is 235 Å². The van der Waals surface area contributed by atoms with E-state index in [0.29, 0.717) is 18.5 Å². The number of imidazole rings is 1. The second kappa shape index (κ2) is 13.9. The fraction of sp³-hybridized carbons (Fsp3) is 0.385. The van der Waals surface area contributed by atoms with Crippen molar-refractivity contribution in [3.05, 3.63) is 64.6 Å². The summed E-state index contributed by atoms with van der Waals surface area (Å²) in [5.41, 5.74) is -0.445. The summed E-state index contributed by atoms with van der Waals surface area (Å²) in [6.45, 7) is 3.82. The Morgan fingerprint density at radius 1 is 1.12 bits per heavy atom. The molecule has 0 saturated carbocycles. The minimum Gasteiger partial charge on any atom is -0.485 e. The first-order valence-corrected chi connectivity index (χ1v) is 12.3. The van der Waals surface area contributed by atoms with Crippen molar-refractivity contribution in [1.82, 2.24) is 20.0 Å². The maximum Gasteiger partial charge on any atom is 0.490 e. The van der Waals surface area contributed by atoms with Crippen LogP contribution in [0.25, 0.3) is 5.65 Å². The SMILES string of the molecule is CCCC(C)(CNC(=O)c1c(C)nc2c(OCc3c(F)cccc3F)cc(CF)cn12)NC(=O)O.O=C(O)C(F)(F)F. The van der Waals surface area contributed by atoms with E-state index in [1.54, 1.807) is 13.8 Å². The van der Waals surface area contributed by atoms with Crippen molar-refractivity contribution in [2.75, 3.05) is 6.54 Å². The van der Waals surface area contributed by atoms with Gasteiger partial charge in [-0.05, 0) is 38.5 Å². The van der Waals surface area contributed by atoms with Gasteiger partial charge in [-0.1, -0.05) is 19.4 Å². The van der Waals surface area contributed by atoms with Crippen LogP contribution in [-0.4, -0.2) is 55.8 Å². The van der Waals surface area contributed by atoms with Gasteiger partial charge in [0.25, 0.3) is 5.91 Å². The lowest BCUT2D eigenvalue weighted by Gasteiger charge is -2.29. The fourth-order valence-corrected chi connectivity index (χ4v) is 3.92. The summed E-state index contributed by atoms with van der Waals surface area (Å²) in [5, 5.41) is 21.4. The molecular formula is C26H28F6N4O6. The Balaban J connectivity index is 0.000000782. The summed E-state index contributed by atoms with van der Waals surface area (Å²) in [5.74, 6) is -4.83. The van der Waals surface area contributed by atoms with Gasteiger partial charge >= 0.3 is 18.2 Å². The minimum absolute atomic E-state index is 0.0113. The number of nitrogens with one attached hydrogen (secondary N) is 2. The van der Waals surface area contributed by atoms with E-state index < -0.39 is 54.6 Å². The first-order chi connectivity index (χ1) is 19.5. The molecule has 42 heavy (non-hydrogen) atoms. The molecule has 2 amide bonds. The summed E-state index contributed by atoms with van der Waals surface area (Å²) in [6.07, 6.45) is -3.73. The van der Waals surface area contributed by atoms with Crippen molar-refractivity contribution < 1.29 is 55.7 Å². The number of hydrogen-bond acceptors (Lipinski definition) is 5. The zero-order chi connectivity index (χ0) is 31.8. The summed E-state index contributed by atoms with van der Waals surface area (Å²) in [4.78, 5) is 37.5. The van der Waals surface area contributed by atoms with Crippen LogP contribution in [0.15, 0.2) is 30.5 Å². The van der Waals surface area contributed by atoms with Crippen LogP contribution in [0.5, 0.6) is 5.75 Å². The molecule has 0 bridgehead atoms. The summed E-state index contributed by atoms with van der Waals surface area (Å²) in [7, 11) is 0. The van der Waals surface area contributed by atoms with Gasteiger partial charge in [0.1, 0.15) is 30.6 Å². The number of carbonyl (C=O) groups excluding carboxylic acids is 1. The number of hydrogen-bond donors (Lipinski definition) is 4. The van der Waals surface area contributed by atoms with Gasteiger partial charge < -0.3 is 25.6 Å². The number of aryl methyl sites for hydroxylation is 1. The Kier molecular flexibility index (Phi) is 11.2. The predicted molar refractivity (Wildman–Crippen MR) is 136 cm³/mol. The van der Waals surface area contributed by atoms with Gasteiger partial charge in [-0.15, -0.1) is 0 Å². The molecule has 0 spiro atoms. The molecule has 4 N–H and O–H groups in total. The average molecular weight is 607 g/mol. The van der Waals surface area contributed by atoms with Crippen LogP contribution < -0.4 is 15.4 Å². The van der Waals surface area contributed by atoms with Crippen LogP contribution in [0.1, 0.15) is 54.0 Å². The molecule has 1 atom stereocenters. The number of aliphatic carboxylic acids is 1. The number of carbonyl (C=O) groups is 3. The van der Waals surface area contributed by atoms with E-state index in [-0.39, 0.29) is 34.8 Å². The fourth-order valence-electron chi connectivity index (χ4n) is 3.92. The second-order valence-corrected chi connectivity index (χ2v) is 9.30. The van der Waals surface area contributed by atoms with Crippen molar-refractivity contribution in [1.29, 1.82) is 0 Å². The molecule has 0 saturated heterocycles. The highest BCUT2D eigenvalue weighted by Crippen LogP contribution is 2.27. The Hall–Kier alpha value is -4.50. The Morgan fingerprint density at radius 2 is 1.71 bits per heavy atom. The highest BCUT2D eigenvalue weighted by molar-refractivity contribution is 5.95. The molecule has 0 aliphatic heterocycles. The highest BCUT2D eigenvalue weighted by atomic mass is 19.4. The molecular weight excluding hydrogens is 578 g/mol. The first kappa shape index (κ1) is 33.7. The van der Waals surface area contributed by atoms with Gasteiger partial charge in [0.05, 0.1) is 16.8 Å². The largest absolute Gasteiger partial charge is 0.490 e. The number of amides is 2. The molecule has 2 heterocycles. The topological polar surface area (TPSA) is 142 Å². The molecule has 0 aliphatic rings. The second-order valence-electron chi connectivity index (χ2n) is 9.30. The molecule has 1 aromatic carbocycles. The maximum atomic E-state index is 14.0. The minimum atomic E-state index is -5.08. The third-order valence-corrected chi connectivity index (χ3v) is 5.81. The van der Waals surface area contributed by atoms with E-state index in [1.807, 2.05) is 6.92 Å². The third kappa shape index (κ3) is 8.75. The van der Waals surface area contributed by atoms with Crippen LogP contribution in [-0.2, 0) is 18.1 Å². The molecule has 1 unspecified atom stereocenters. The number of aromatic nitrogens is 2. The lowest BCUT2D eigenvalue weighted by molar-refractivity contribution is -0.192. The number of rotatable bonds is 10. The third-order valence-electron chi connectivity index (χ3n) is 5.81. The van der Waals surface area contributed by atoms with E-state index in [1.165, 1.54) is 22.7 Å². The van der Waals surface area contributed by atoms with E-state index in [4.69, 9.17) is 19.7 Å². The van der Waals surface area contributed by atoms with E-state index >= 15 is 0 Å². The normalized spacial score (nSPS) is 12.6. The molecule has 0 radical (unpaired) electrons. The number of carboxylic acids is 1. The number of carboxylic acid groups (broad SMARTS) is 2. The van der Waals surface area contributed by atoms with Gasteiger partial charge in [-0.2, -0.15) is 13.2 Å². The van der Waals surface area contributed by atoms with Crippen molar-refractivity contribution in [2.45, 2.75) is 58.6 Å². The first-order valence-electron chi connectivity index (χ1n) is 12.3. The summed E-state index contributed by atoms with van der Waals surface area (Å²) in [6, 6.07) is 4.79. The predicted octanol–water partition coefficient (Wildman–Crippen LogP) is 5.16. The number of alkyl halides is 4. The number of benzene rings is 1. The number of halogens is 6. The van der Waals surface area contributed by atoms with E-state index in [9.17, 15) is 35.9 Å². The molecule has 3 rings (SSSR count). The van der Waals surface area contributed by atoms with Crippen LogP contribution >= 0.6 is 0 Å². The van der Waals surface area contributed by atoms with Crippen molar-refractivity contribution in [3.8, 4) is 5.75 Å². The van der Waals surface area contributed by atoms with Crippen molar-refractivity contribution in [3.63, 3.8) is 0 Å². The maximum absolute atomic E-state index is 14.0. The smallest absolute Gasteiger partial charge is 0.485 e. The lowest BCUT2D eigenvalue weighted by atomic mass is 9.96. The van der Waals surface area contributed by atoms with Gasteiger partial charge in [-0.3, -0.25) is 9.20 Å². The monoisotopic (exact) mass is 606 g/mol. The zero-order valence-electron chi connectivity index (χ0n) is 22.6. The van der Waals surface area contributed by atoms with Gasteiger partial charge in [0.15, 0.2) is 11.4 Å². The van der Waals surface area contributed by atoms with Gasteiger partial charge in [0, 0.05) is 18.3 Å². The van der Waals surface area contributed by atoms with Crippen LogP contribution in [0.4, 0.5) is 31.1 Å². The number of pyridine rings is 1. The quantitative estimate of drug-likeness (QED) is 0.234. The van der Waals surface area contributed by atoms with Crippen LogP contribution in [0, 0.1) is 18.6 Å². The molecule has 16 heteroatoms. The van der Waals surface area contributed by atoms with Gasteiger partial charge in [0.2, 0.25) is 0 Å². The Bertz CT molecular complexity index is 1420. The van der Waals surface area contributed by atoms with Crippen LogP contribution in [0.2, 0.25) is 0 Å². The average Bonchev–Trinajstić information content (AvgIpc) is 3.22. The molecule has 10 nitrogen and oxygen atoms in total. The van der Waals surface area contributed by atoms with E-state index in [2.05, 4.69) is 15.6 Å².